The molecule has 0 spiro atoms. The zero-order chi connectivity index (χ0) is 13.2. The maximum atomic E-state index is 5.83. The van der Waals surface area contributed by atoms with E-state index in [4.69, 9.17) is 5.73 Å². The fourth-order valence-electron chi connectivity index (χ4n) is 2.68. The lowest BCUT2D eigenvalue weighted by atomic mass is 9.99. The fraction of sp³-hybridized carbons (Fsp3) is 0.312. The summed E-state index contributed by atoms with van der Waals surface area (Å²) in [7, 11) is 0. The van der Waals surface area contributed by atoms with Crippen molar-refractivity contribution in [3.05, 3.63) is 58.9 Å². The van der Waals surface area contributed by atoms with Gasteiger partial charge >= 0.3 is 0 Å². The monoisotopic (exact) mass is 253 g/mol. The first kappa shape index (κ1) is 12.2. The SMILES string of the molecule is Cc1cccc(CN2CCc3cc(N)ccc3C2)n1. The Morgan fingerprint density at radius 2 is 2.11 bits per heavy atom. The van der Waals surface area contributed by atoms with Gasteiger partial charge in [-0.05, 0) is 48.7 Å². The Morgan fingerprint density at radius 3 is 2.95 bits per heavy atom. The van der Waals surface area contributed by atoms with Crippen LogP contribution in [0.5, 0.6) is 0 Å². The van der Waals surface area contributed by atoms with E-state index in [1.165, 1.54) is 11.1 Å². The number of pyridine rings is 1. The van der Waals surface area contributed by atoms with Gasteiger partial charge in [-0.2, -0.15) is 0 Å². The van der Waals surface area contributed by atoms with Crippen molar-refractivity contribution in [1.82, 2.24) is 9.88 Å². The number of hydrogen-bond donors (Lipinski definition) is 1. The normalized spacial score (nSPS) is 15.2. The van der Waals surface area contributed by atoms with Crippen molar-refractivity contribution in [3.63, 3.8) is 0 Å². The van der Waals surface area contributed by atoms with Crippen molar-refractivity contribution in [1.29, 1.82) is 0 Å². The summed E-state index contributed by atoms with van der Waals surface area (Å²) in [5.74, 6) is 0. The number of aromatic nitrogens is 1. The van der Waals surface area contributed by atoms with Crippen LogP contribution in [0, 0.1) is 6.92 Å². The molecule has 0 atom stereocenters. The molecule has 0 unspecified atom stereocenters. The number of rotatable bonds is 2. The maximum Gasteiger partial charge on any atom is 0.0547 e. The number of aryl methyl sites for hydroxylation is 1. The molecule has 19 heavy (non-hydrogen) atoms. The topological polar surface area (TPSA) is 42.1 Å². The number of benzene rings is 1. The third-order valence-corrected chi connectivity index (χ3v) is 3.65. The summed E-state index contributed by atoms with van der Waals surface area (Å²) in [6.07, 6.45) is 1.08. The first-order valence-corrected chi connectivity index (χ1v) is 6.73. The van der Waals surface area contributed by atoms with Gasteiger partial charge in [-0.1, -0.05) is 12.1 Å². The van der Waals surface area contributed by atoms with Crippen LogP contribution in [0.3, 0.4) is 0 Å². The zero-order valence-corrected chi connectivity index (χ0v) is 11.3. The number of hydrogen-bond acceptors (Lipinski definition) is 3. The van der Waals surface area contributed by atoms with E-state index >= 15 is 0 Å². The van der Waals surface area contributed by atoms with Gasteiger partial charge in [-0.15, -0.1) is 0 Å². The number of fused-ring (bicyclic) bond motifs is 1. The van der Waals surface area contributed by atoms with E-state index in [2.05, 4.69) is 34.1 Å². The molecule has 1 aromatic carbocycles. The summed E-state index contributed by atoms with van der Waals surface area (Å²) in [6, 6.07) is 12.5. The highest BCUT2D eigenvalue weighted by molar-refractivity contribution is 5.45. The van der Waals surface area contributed by atoms with Crippen molar-refractivity contribution in [3.8, 4) is 0 Å². The van der Waals surface area contributed by atoms with Gasteiger partial charge in [0.1, 0.15) is 0 Å². The van der Waals surface area contributed by atoms with Crippen LogP contribution in [0.15, 0.2) is 36.4 Å². The second kappa shape index (κ2) is 5.02. The van der Waals surface area contributed by atoms with Gasteiger partial charge in [0.15, 0.2) is 0 Å². The summed E-state index contributed by atoms with van der Waals surface area (Å²) in [6.45, 7) is 5.03. The zero-order valence-electron chi connectivity index (χ0n) is 11.3. The van der Waals surface area contributed by atoms with Gasteiger partial charge in [0.05, 0.1) is 5.69 Å². The molecular formula is C16H19N3. The largest absolute Gasteiger partial charge is 0.399 e. The van der Waals surface area contributed by atoms with E-state index < -0.39 is 0 Å². The molecule has 3 rings (SSSR count). The lowest BCUT2D eigenvalue weighted by Crippen LogP contribution is -2.30. The first-order chi connectivity index (χ1) is 9.20. The molecule has 2 heterocycles. The van der Waals surface area contributed by atoms with E-state index in [9.17, 15) is 0 Å². The minimum absolute atomic E-state index is 0.868. The molecule has 0 fully saturated rings. The Labute approximate surface area is 114 Å². The summed E-state index contributed by atoms with van der Waals surface area (Å²) < 4.78 is 0. The van der Waals surface area contributed by atoms with Gasteiger partial charge in [-0.25, -0.2) is 0 Å². The molecule has 0 bridgehead atoms. The van der Waals surface area contributed by atoms with Gasteiger partial charge in [0.25, 0.3) is 0 Å². The molecule has 0 radical (unpaired) electrons. The average Bonchev–Trinajstić information content (AvgIpc) is 2.39. The molecule has 3 nitrogen and oxygen atoms in total. The van der Waals surface area contributed by atoms with Gasteiger partial charge in [0.2, 0.25) is 0 Å². The molecule has 0 aliphatic carbocycles. The van der Waals surface area contributed by atoms with Crippen LogP contribution in [-0.2, 0) is 19.5 Å². The van der Waals surface area contributed by atoms with E-state index in [0.29, 0.717) is 0 Å². The second-order valence-corrected chi connectivity index (χ2v) is 5.26. The molecule has 1 aliphatic rings. The average molecular weight is 253 g/mol. The minimum atomic E-state index is 0.868. The third-order valence-electron chi connectivity index (χ3n) is 3.65. The Morgan fingerprint density at radius 1 is 1.21 bits per heavy atom. The Balaban J connectivity index is 1.74. The van der Waals surface area contributed by atoms with Crippen LogP contribution in [-0.4, -0.2) is 16.4 Å². The Bertz CT molecular complexity index is 592. The highest BCUT2D eigenvalue weighted by Gasteiger charge is 2.16. The van der Waals surface area contributed by atoms with Gasteiger partial charge in [-0.3, -0.25) is 9.88 Å². The predicted molar refractivity (Wildman–Crippen MR) is 77.6 cm³/mol. The van der Waals surface area contributed by atoms with E-state index in [-0.39, 0.29) is 0 Å². The van der Waals surface area contributed by atoms with Crippen LogP contribution in [0.25, 0.3) is 0 Å². The Hall–Kier alpha value is -1.87. The van der Waals surface area contributed by atoms with E-state index in [1.807, 2.05) is 19.1 Å². The predicted octanol–water partition coefficient (Wildman–Crippen LogP) is 2.53. The van der Waals surface area contributed by atoms with Gasteiger partial charge < -0.3 is 5.73 Å². The summed E-state index contributed by atoms with van der Waals surface area (Å²) >= 11 is 0. The molecule has 2 aromatic rings. The molecular weight excluding hydrogens is 234 g/mol. The molecule has 1 aliphatic heterocycles. The second-order valence-electron chi connectivity index (χ2n) is 5.26. The molecule has 0 amide bonds. The molecule has 0 saturated carbocycles. The molecule has 1 aromatic heterocycles. The first-order valence-electron chi connectivity index (χ1n) is 6.73. The van der Waals surface area contributed by atoms with Crippen molar-refractivity contribution >= 4 is 5.69 Å². The Kier molecular flexibility index (Phi) is 3.22. The van der Waals surface area contributed by atoms with Crippen LogP contribution < -0.4 is 5.73 Å². The highest BCUT2D eigenvalue weighted by atomic mass is 15.1. The summed E-state index contributed by atoms with van der Waals surface area (Å²) in [5, 5.41) is 0. The van der Waals surface area contributed by atoms with Crippen LogP contribution >= 0.6 is 0 Å². The highest BCUT2D eigenvalue weighted by Crippen LogP contribution is 2.22. The lowest BCUT2D eigenvalue weighted by molar-refractivity contribution is 0.242. The summed E-state index contributed by atoms with van der Waals surface area (Å²) in [4.78, 5) is 7.02. The molecule has 2 N–H and O–H groups in total. The number of nitrogen functional groups attached to an aromatic ring is 1. The minimum Gasteiger partial charge on any atom is -0.399 e. The number of nitrogens with zero attached hydrogens (tertiary/aromatic N) is 2. The smallest absolute Gasteiger partial charge is 0.0547 e. The standard InChI is InChI=1S/C16H19N3/c1-12-3-2-4-16(18-12)11-19-8-7-13-9-15(17)6-5-14(13)10-19/h2-6,9H,7-8,10-11,17H2,1H3. The number of nitrogens with two attached hydrogens (primary N) is 1. The fourth-order valence-corrected chi connectivity index (χ4v) is 2.68. The quantitative estimate of drug-likeness (QED) is 0.836. The van der Waals surface area contributed by atoms with Crippen LogP contribution in [0.4, 0.5) is 5.69 Å². The third kappa shape index (κ3) is 2.76. The molecule has 0 saturated heterocycles. The molecule has 98 valence electrons. The number of anilines is 1. The van der Waals surface area contributed by atoms with Crippen molar-refractivity contribution < 1.29 is 0 Å². The van der Waals surface area contributed by atoms with Crippen molar-refractivity contribution in [2.45, 2.75) is 26.4 Å². The van der Waals surface area contributed by atoms with Crippen LogP contribution in [0.2, 0.25) is 0 Å². The van der Waals surface area contributed by atoms with E-state index in [1.54, 1.807) is 0 Å². The summed E-state index contributed by atoms with van der Waals surface area (Å²) in [5.41, 5.74) is 11.7. The van der Waals surface area contributed by atoms with E-state index in [0.717, 1.165) is 43.1 Å². The van der Waals surface area contributed by atoms with Crippen molar-refractivity contribution in [2.24, 2.45) is 0 Å². The lowest BCUT2D eigenvalue weighted by Gasteiger charge is -2.28. The maximum absolute atomic E-state index is 5.83. The van der Waals surface area contributed by atoms with Gasteiger partial charge in [0, 0.05) is 31.0 Å². The molecule has 3 heteroatoms. The van der Waals surface area contributed by atoms with Crippen LogP contribution in [0.1, 0.15) is 22.5 Å². The van der Waals surface area contributed by atoms with Crippen molar-refractivity contribution in [2.75, 3.05) is 12.3 Å².